The van der Waals surface area contributed by atoms with Gasteiger partial charge in [-0.3, -0.25) is 4.79 Å². The number of benzene rings is 1. The van der Waals surface area contributed by atoms with Crippen molar-refractivity contribution >= 4 is 11.9 Å². The smallest absolute Gasteiger partial charge is 0.331 e. The lowest BCUT2D eigenvalue weighted by Gasteiger charge is -2.23. The van der Waals surface area contributed by atoms with Gasteiger partial charge in [-0.1, -0.05) is 173 Å². The van der Waals surface area contributed by atoms with Crippen molar-refractivity contribution in [1.82, 2.24) is 5.32 Å². The lowest BCUT2D eigenvalue weighted by atomic mass is 9.97. The number of esters is 1. The highest BCUT2D eigenvalue weighted by molar-refractivity contribution is 5.85. The fourth-order valence-corrected chi connectivity index (χ4v) is 5.99. The van der Waals surface area contributed by atoms with E-state index in [0.29, 0.717) is 12.0 Å². The molecule has 0 aliphatic heterocycles. The zero-order chi connectivity index (χ0) is 32.1. The molecule has 1 aromatic rings. The van der Waals surface area contributed by atoms with Crippen LogP contribution in [0, 0.1) is 0 Å². The summed E-state index contributed by atoms with van der Waals surface area (Å²) in [7, 11) is 0. The van der Waals surface area contributed by atoms with Crippen molar-refractivity contribution in [3.8, 4) is 0 Å². The second kappa shape index (κ2) is 28.6. The predicted octanol–water partition coefficient (Wildman–Crippen LogP) is 10.7. The second-order valence-corrected chi connectivity index (χ2v) is 12.9. The van der Waals surface area contributed by atoms with E-state index in [1.807, 2.05) is 18.2 Å². The summed E-state index contributed by atoms with van der Waals surface area (Å²) in [6, 6.07) is 6.72. The van der Waals surface area contributed by atoms with Crippen molar-refractivity contribution in [1.29, 1.82) is 0 Å². The van der Waals surface area contributed by atoms with Gasteiger partial charge in [0.1, 0.15) is 6.10 Å². The number of hydrogen-bond acceptors (Lipinski definition) is 4. The van der Waals surface area contributed by atoms with E-state index in [4.69, 9.17) is 4.74 Å². The van der Waals surface area contributed by atoms with Crippen LogP contribution in [-0.4, -0.2) is 29.6 Å². The van der Waals surface area contributed by atoms with Gasteiger partial charge in [0.15, 0.2) is 6.04 Å². The number of nitrogens with one attached hydrogen (secondary N) is 1. The molecule has 0 bridgehead atoms. The predicted molar refractivity (Wildman–Crippen MR) is 186 cm³/mol. The molecule has 0 spiro atoms. The van der Waals surface area contributed by atoms with E-state index < -0.39 is 18.1 Å². The molecule has 1 aromatic carbocycles. The molecule has 0 aliphatic rings. The molecule has 44 heavy (non-hydrogen) atoms. The van der Waals surface area contributed by atoms with E-state index in [0.717, 1.165) is 37.7 Å². The van der Waals surface area contributed by atoms with Crippen LogP contribution < -0.4 is 5.32 Å². The van der Waals surface area contributed by atoms with Gasteiger partial charge in [-0.15, -0.1) is 0 Å². The largest absolute Gasteiger partial charge is 0.464 e. The Bertz CT molecular complexity index is 826. The Morgan fingerprint density at radius 2 is 1.11 bits per heavy atom. The summed E-state index contributed by atoms with van der Waals surface area (Å²) < 4.78 is 5.23. The summed E-state index contributed by atoms with van der Waals surface area (Å²) >= 11 is 0. The molecule has 0 radical (unpaired) electrons. The molecule has 0 aliphatic carbocycles. The highest BCUT2D eigenvalue weighted by Crippen LogP contribution is 2.22. The molecule has 0 unspecified atom stereocenters. The molecule has 5 heteroatoms. The van der Waals surface area contributed by atoms with Gasteiger partial charge in [-0.25, -0.2) is 4.79 Å². The first kappa shape index (κ1) is 40.1. The monoisotopic (exact) mass is 616 g/mol. The maximum atomic E-state index is 12.8. The van der Waals surface area contributed by atoms with Crippen LogP contribution >= 0.6 is 0 Å². The lowest BCUT2D eigenvalue weighted by Crippen LogP contribution is -2.46. The van der Waals surface area contributed by atoms with Gasteiger partial charge in [0.25, 0.3) is 0 Å². The third-order valence-corrected chi connectivity index (χ3v) is 8.79. The molecule has 0 fully saturated rings. The normalized spacial score (nSPS) is 12.6. The molecule has 2 atom stereocenters. The molecular formula is C39H69NO4. The number of aliphatic hydroxyl groups is 1. The van der Waals surface area contributed by atoms with E-state index in [1.165, 1.54) is 122 Å². The molecule has 0 saturated carbocycles. The van der Waals surface area contributed by atoms with Crippen molar-refractivity contribution < 1.29 is 19.4 Å². The number of carbonyl (C=O) groups excluding carboxylic acids is 2. The first-order valence-corrected chi connectivity index (χ1v) is 18.8. The highest BCUT2D eigenvalue weighted by Gasteiger charge is 2.31. The average molecular weight is 616 g/mol. The third kappa shape index (κ3) is 21.0. The fourth-order valence-electron chi connectivity index (χ4n) is 5.99. The number of aryl methyl sites for hydroxylation is 1. The third-order valence-electron chi connectivity index (χ3n) is 8.79. The van der Waals surface area contributed by atoms with Crippen LogP contribution in [0.4, 0.5) is 0 Å². The summed E-state index contributed by atoms with van der Waals surface area (Å²) in [5, 5.41) is 14.0. The Morgan fingerprint density at radius 3 is 1.59 bits per heavy atom. The van der Waals surface area contributed by atoms with E-state index in [1.54, 1.807) is 6.92 Å². The Kier molecular flexibility index (Phi) is 26.1. The lowest BCUT2D eigenvalue weighted by molar-refractivity contribution is -0.151. The van der Waals surface area contributed by atoms with E-state index in [9.17, 15) is 14.7 Å². The van der Waals surface area contributed by atoms with Crippen molar-refractivity contribution in [3.05, 3.63) is 35.4 Å². The van der Waals surface area contributed by atoms with Crippen molar-refractivity contribution in [3.63, 3.8) is 0 Å². The van der Waals surface area contributed by atoms with Gasteiger partial charge in [-0.2, -0.15) is 0 Å². The Morgan fingerprint density at radius 1 is 0.659 bits per heavy atom. The maximum absolute atomic E-state index is 12.8. The minimum Gasteiger partial charge on any atom is -0.464 e. The van der Waals surface area contributed by atoms with Crippen molar-refractivity contribution in [2.45, 2.75) is 193 Å². The number of rotatable bonds is 30. The number of amides is 1. The molecule has 1 rings (SSSR count). The molecule has 5 nitrogen and oxygen atoms in total. The molecule has 0 heterocycles. The van der Waals surface area contributed by atoms with E-state index in [-0.39, 0.29) is 12.5 Å². The second-order valence-electron chi connectivity index (χ2n) is 12.9. The molecule has 254 valence electrons. The van der Waals surface area contributed by atoms with Gasteiger partial charge in [0, 0.05) is 6.42 Å². The van der Waals surface area contributed by atoms with Crippen LogP contribution in [0.5, 0.6) is 0 Å². The van der Waals surface area contributed by atoms with E-state index >= 15 is 0 Å². The number of carbonyl (C=O) groups is 2. The SMILES string of the molecule is CCCCCCCCCCCCCCCC(=O)N[C@@H](C(=O)OCC)[C@H](O)c1cccc(CCCCCCCCCCCC)c1. The van der Waals surface area contributed by atoms with Crippen LogP contribution in [-0.2, 0) is 20.7 Å². The van der Waals surface area contributed by atoms with Crippen LogP contribution in [0.1, 0.15) is 192 Å². The summed E-state index contributed by atoms with van der Waals surface area (Å²) in [5.41, 5.74) is 1.80. The van der Waals surface area contributed by atoms with Crippen LogP contribution in [0.15, 0.2) is 24.3 Å². The maximum Gasteiger partial charge on any atom is 0.331 e. The van der Waals surface area contributed by atoms with Crippen molar-refractivity contribution in [2.24, 2.45) is 0 Å². The molecule has 0 aromatic heterocycles. The molecule has 2 N–H and O–H groups in total. The fraction of sp³-hybridized carbons (Fsp3) is 0.795. The summed E-state index contributed by atoms with van der Waals surface area (Å²) in [6.07, 6.45) is 29.5. The number of unbranched alkanes of at least 4 members (excludes halogenated alkanes) is 21. The minimum absolute atomic E-state index is 0.202. The number of aliphatic hydroxyl groups excluding tert-OH is 1. The van der Waals surface area contributed by atoms with Crippen LogP contribution in [0.2, 0.25) is 0 Å². The van der Waals surface area contributed by atoms with Crippen molar-refractivity contribution in [2.75, 3.05) is 6.61 Å². The van der Waals surface area contributed by atoms with Gasteiger partial charge < -0.3 is 15.2 Å². The zero-order valence-electron chi connectivity index (χ0n) is 29.0. The Labute approximate surface area is 271 Å². The van der Waals surface area contributed by atoms with Gasteiger partial charge in [-0.05, 0) is 37.3 Å². The van der Waals surface area contributed by atoms with E-state index in [2.05, 4.69) is 25.2 Å². The average Bonchev–Trinajstić information content (AvgIpc) is 3.03. The van der Waals surface area contributed by atoms with Gasteiger partial charge in [0.05, 0.1) is 6.61 Å². The minimum atomic E-state index is -1.14. The standard InChI is InChI=1S/C39H69NO4/c1-4-7-9-11-13-15-17-18-19-21-23-25-27-32-36(41)40-37(39(43)44-6-3)38(42)35-31-28-30-34(33-35)29-26-24-22-20-16-14-12-10-8-5-2/h28,30-31,33,37-38,42H,4-27,29,32H2,1-3H3,(H,40,41)/t37-,38-/m1/s1. The summed E-state index contributed by atoms with van der Waals surface area (Å²) in [4.78, 5) is 25.5. The van der Waals surface area contributed by atoms with Gasteiger partial charge >= 0.3 is 5.97 Å². The Hall–Kier alpha value is -1.88. The molecular weight excluding hydrogens is 546 g/mol. The topological polar surface area (TPSA) is 75.6 Å². The number of hydrogen-bond donors (Lipinski definition) is 2. The summed E-state index contributed by atoms with van der Waals surface area (Å²) in [5.74, 6) is -0.787. The summed E-state index contributed by atoms with van der Waals surface area (Å²) in [6.45, 7) is 6.46. The molecule has 1 amide bonds. The van der Waals surface area contributed by atoms with Crippen LogP contribution in [0.25, 0.3) is 0 Å². The first-order valence-electron chi connectivity index (χ1n) is 18.8. The number of ether oxygens (including phenoxy) is 1. The zero-order valence-corrected chi connectivity index (χ0v) is 29.0. The Balaban J connectivity index is 2.36. The first-order chi connectivity index (χ1) is 21.5. The van der Waals surface area contributed by atoms with Crippen LogP contribution in [0.3, 0.4) is 0 Å². The van der Waals surface area contributed by atoms with Gasteiger partial charge in [0.2, 0.25) is 5.91 Å². The highest BCUT2D eigenvalue weighted by atomic mass is 16.5. The quantitative estimate of drug-likeness (QED) is 0.0667. The molecule has 0 saturated heterocycles.